The summed E-state index contributed by atoms with van der Waals surface area (Å²) in [6.45, 7) is 4.59. The molecule has 8 nitrogen and oxygen atoms in total. The fourth-order valence-corrected chi connectivity index (χ4v) is 2.73. The van der Waals surface area contributed by atoms with Crippen molar-refractivity contribution in [1.82, 2.24) is 19.7 Å². The van der Waals surface area contributed by atoms with Gasteiger partial charge >= 0.3 is 11.7 Å². The van der Waals surface area contributed by atoms with Gasteiger partial charge in [-0.3, -0.25) is 4.57 Å². The van der Waals surface area contributed by atoms with Gasteiger partial charge < -0.3 is 15.5 Å². The molecule has 26 heavy (non-hydrogen) atoms. The SMILES string of the molecule is Cc1cc(C)n(CCNc2nnc([C@H](N)Cc3ccccc3)o2)c(=O)n1. The molecule has 0 saturated heterocycles. The van der Waals surface area contributed by atoms with Crippen molar-refractivity contribution in [2.24, 2.45) is 5.73 Å². The zero-order chi connectivity index (χ0) is 18.5. The minimum Gasteiger partial charge on any atom is -0.406 e. The summed E-state index contributed by atoms with van der Waals surface area (Å²) in [5.74, 6) is 0.377. The molecule has 0 aliphatic heterocycles. The largest absolute Gasteiger partial charge is 0.406 e. The number of anilines is 1. The van der Waals surface area contributed by atoms with Crippen LogP contribution in [0.15, 0.2) is 45.6 Å². The van der Waals surface area contributed by atoms with E-state index in [2.05, 4.69) is 20.5 Å². The molecule has 3 rings (SSSR count). The van der Waals surface area contributed by atoms with Crippen LogP contribution in [0.5, 0.6) is 0 Å². The molecule has 136 valence electrons. The zero-order valence-electron chi connectivity index (χ0n) is 14.8. The second-order valence-electron chi connectivity index (χ2n) is 6.14. The van der Waals surface area contributed by atoms with E-state index in [-0.39, 0.29) is 17.7 Å². The van der Waals surface area contributed by atoms with Gasteiger partial charge in [0.2, 0.25) is 5.89 Å². The molecule has 0 aliphatic rings. The number of aryl methyl sites for hydroxylation is 2. The number of aromatic nitrogens is 4. The van der Waals surface area contributed by atoms with Crippen LogP contribution < -0.4 is 16.7 Å². The van der Waals surface area contributed by atoms with Crippen LogP contribution in [0.4, 0.5) is 6.01 Å². The standard InChI is InChI=1S/C18H22N6O2/c1-12-10-13(2)24(18(25)21-12)9-8-20-17-23-22-16(26-17)15(19)11-14-6-4-3-5-7-14/h3-7,10,15H,8-9,11,19H2,1-2H3,(H,20,23)/t15-/m1/s1. The first-order chi connectivity index (χ1) is 12.5. The van der Waals surface area contributed by atoms with E-state index in [1.807, 2.05) is 43.3 Å². The summed E-state index contributed by atoms with van der Waals surface area (Å²) in [4.78, 5) is 15.9. The smallest absolute Gasteiger partial charge is 0.348 e. The van der Waals surface area contributed by atoms with Crippen molar-refractivity contribution in [3.63, 3.8) is 0 Å². The van der Waals surface area contributed by atoms with Crippen molar-refractivity contribution in [1.29, 1.82) is 0 Å². The summed E-state index contributed by atoms with van der Waals surface area (Å²) in [5.41, 5.74) is 8.55. The van der Waals surface area contributed by atoms with E-state index in [1.54, 1.807) is 11.5 Å². The van der Waals surface area contributed by atoms with Gasteiger partial charge in [-0.1, -0.05) is 35.4 Å². The second kappa shape index (κ2) is 7.92. The maximum Gasteiger partial charge on any atom is 0.348 e. The Bertz CT molecular complexity index is 919. The molecule has 0 fully saturated rings. The quantitative estimate of drug-likeness (QED) is 0.662. The highest BCUT2D eigenvalue weighted by atomic mass is 16.4. The fourth-order valence-electron chi connectivity index (χ4n) is 2.73. The van der Waals surface area contributed by atoms with E-state index in [9.17, 15) is 4.79 Å². The van der Waals surface area contributed by atoms with Gasteiger partial charge in [0.05, 0.1) is 6.04 Å². The fraction of sp³-hybridized carbons (Fsp3) is 0.333. The number of rotatable bonds is 7. The summed E-state index contributed by atoms with van der Waals surface area (Å²) >= 11 is 0. The zero-order valence-corrected chi connectivity index (χ0v) is 14.8. The van der Waals surface area contributed by atoms with E-state index >= 15 is 0 Å². The topological polar surface area (TPSA) is 112 Å². The molecular weight excluding hydrogens is 332 g/mol. The molecule has 2 heterocycles. The molecule has 8 heteroatoms. The third-order valence-corrected chi connectivity index (χ3v) is 4.01. The first kappa shape index (κ1) is 17.8. The molecule has 3 aromatic rings. The average Bonchev–Trinajstić information content (AvgIpc) is 3.07. The Balaban J connectivity index is 1.56. The van der Waals surface area contributed by atoms with E-state index < -0.39 is 0 Å². The number of nitrogens with one attached hydrogen (secondary N) is 1. The van der Waals surface area contributed by atoms with E-state index in [0.29, 0.717) is 31.1 Å². The normalized spacial score (nSPS) is 12.1. The summed E-state index contributed by atoms with van der Waals surface area (Å²) in [6.07, 6.45) is 0.617. The molecule has 0 bridgehead atoms. The van der Waals surface area contributed by atoms with Crippen molar-refractivity contribution in [2.75, 3.05) is 11.9 Å². The number of nitrogens with zero attached hydrogens (tertiary/aromatic N) is 4. The highest BCUT2D eigenvalue weighted by molar-refractivity contribution is 5.20. The van der Waals surface area contributed by atoms with Gasteiger partial charge in [-0.05, 0) is 31.9 Å². The van der Waals surface area contributed by atoms with Crippen LogP contribution in [-0.4, -0.2) is 26.3 Å². The first-order valence-corrected chi connectivity index (χ1v) is 8.45. The third-order valence-electron chi connectivity index (χ3n) is 4.01. The third kappa shape index (κ3) is 4.34. The molecular formula is C18H22N6O2. The molecule has 0 unspecified atom stereocenters. The monoisotopic (exact) mass is 354 g/mol. The lowest BCUT2D eigenvalue weighted by Crippen LogP contribution is -2.28. The van der Waals surface area contributed by atoms with Crippen LogP contribution in [0.25, 0.3) is 0 Å². The minimum atomic E-state index is -0.369. The van der Waals surface area contributed by atoms with E-state index in [4.69, 9.17) is 10.2 Å². The predicted octanol–water partition coefficient (Wildman–Crippen LogP) is 1.60. The number of nitrogens with two attached hydrogens (primary N) is 1. The number of hydrogen-bond acceptors (Lipinski definition) is 7. The summed E-state index contributed by atoms with van der Waals surface area (Å²) in [6, 6.07) is 11.7. The molecule has 0 amide bonds. The van der Waals surface area contributed by atoms with Crippen LogP contribution >= 0.6 is 0 Å². The van der Waals surface area contributed by atoms with Crippen LogP contribution in [0.1, 0.15) is 28.9 Å². The average molecular weight is 354 g/mol. The molecule has 0 saturated carbocycles. The highest BCUT2D eigenvalue weighted by Gasteiger charge is 2.15. The van der Waals surface area contributed by atoms with Gasteiger partial charge in [-0.15, -0.1) is 5.10 Å². The van der Waals surface area contributed by atoms with Gasteiger partial charge in [0.25, 0.3) is 0 Å². The van der Waals surface area contributed by atoms with Crippen molar-refractivity contribution in [2.45, 2.75) is 32.9 Å². The van der Waals surface area contributed by atoms with Gasteiger partial charge in [0.1, 0.15) is 0 Å². The van der Waals surface area contributed by atoms with E-state index in [1.165, 1.54) is 0 Å². The Morgan fingerprint density at radius 1 is 1.23 bits per heavy atom. The van der Waals surface area contributed by atoms with Gasteiger partial charge in [-0.2, -0.15) is 4.98 Å². The lowest BCUT2D eigenvalue weighted by molar-refractivity contribution is 0.455. The van der Waals surface area contributed by atoms with Gasteiger partial charge in [0.15, 0.2) is 0 Å². The molecule has 2 aromatic heterocycles. The number of benzene rings is 1. The van der Waals surface area contributed by atoms with Crippen LogP contribution in [0.3, 0.4) is 0 Å². The Labute approximate surface area is 151 Å². The Morgan fingerprint density at radius 2 is 2.00 bits per heavy atom. The number of hydrogen-bond donors (Lipinski definition) is 2. The molecule has 3 N–H and O–H groups in total. The summed E-state index contributed by atoms with van der Waals surface area (Å²) < 4.78 is 7.17. The van der Waals surface area contributed by atoms with Crippen molar-refractivity contribution >= 4 is 6.01 Å². The lowest BCUT2D eigenvalue weighted by atomic mass is 10.1. The van der Waals surface area contributed by atoms with Crippen molar-refractivity contribution in [3.8, 4) is 0 Å². The van der Waals surface area contributed by atoms with Crippen LogP contribution in [-0.2, 0) is 13.0 Å². The lowest BCUT2D eigenvalue weighted by Gasteiger charge is -2.09. The molecule has 1 atom stereocenters. The molecule has 0 spiro atoms. The minimum absolute atomic E-state index is 0.264. The Hall–Kier alpha value is -3.00. The van der Waals surface area contributed by atoms with Gasteiger partial charge in [0, 0.05) is 24.5 Å². The van der Waals surface area contributed by atoms with Gasteiger partial charge in [-0.25, -0.2) is 4.79 Å². The predicted molar refractivity (Wildman–Crippen MR) is 97.8 cm³/mol. The Morgan fingerprint density at radius 3 is 2.73 bits per heavy atom. The van der Waals surface area contributed by atoms with Crippen LogP contribution in [0, 0.1) is 13.8 Å². The maximum absolute atomic E-state index is 11.9. The van der Waals surface area contributed by atoms with E-state index in [0.717, 1.165) is 11.3 Å². The molecule has 1 aromatic carbocycles. The second-order valence-corrected chi connectivity index (χ2v) is 6.14. The molecule has 0 radical (unpaired) electrons. The van der Waals surface area contributed by atoms with Crippen molar-refractivity contribution < 1.29 is 4.42 Å². The van der Waals surface area contributed by atoms with Crippen LogP contribution in [0.2, 0.25) is 0 Å². The highest BCUT2D eigenvalue weighted by Crippen LogP contribution is 2.16. The Kier molecular flexibility index (Phi) is 5.43. The molecule has 0 aliphatic carbocycles. The van der Waals surface area contributed by atoms with Crippen molar-refractivity contribution in [3.05, 3.63) is 69.7 Å². The summed E-state index contributed by atoms with van der Waals surface area (Å²) in [5, 5.41) is 11.0. The summed E-state index contributed by atoms with van der Waals surface area (Å²) in [7, 11) is 0. The first-order valence-electron chi connectivity index (χ1n) is 8.45. The maximum atomic E-state index is 11.9.